The molecule has 2 rings (SSSR count). The maximum Gasteiger partial charge on any atom is 0.323 e. The molecule has 0 bridgehead atoms. The number of halogens is 1. The maximum atomic E-state index is 12.7. The van der Waals surface area contributed by atoms with Crippen molar-refractivity contribution in [1.82, 2.24) is 9.55 Å². The van der Waals surface area contributed by atoms with E-state index in [1.54, 1.807) is 18.3 Å². The van der Waals surface area contributed by atoms with E-state index in [9.17, 15) is 9.18 Å². The van der Waals surface area contributed by atoms with Crippen molar-refractivity contribution in [1.29, 1.82) is 0 Å². The van der Waals surface area contributed by atoms with Crippen LogP contribution in [-0.2, 0) is 11.3 Å². The number of carbonyl (C=O) groups is 1. The van der Waals surface area contributed by atoms with Gasteiger partial charge in [0.2, 0.25) is 0 Å². The third-order valence-corrected chi connectivity index (χ3v) is 2.12. The third kappa shape index (κ3) is 2.08. The number of carboxylic acids is 1. The first-order valence-corrected chi connectivity index (χ1v) is 4.65. The average Bonchev–Trinajstić information content (AvgIpc) is 2.66. The molecular formula is C11H9FN2O2. The largest absolute Gasteiger partial charge is 0.480 e. The molecule has 1 aromatic carbocycles. The Morgan fingerprint density at radius 1 is 1.38 bits per heavy atom. The maximum absolute atomic E-state index is 12.7. The van der Waals surface area contributed by atoms with Gasteiger partial charge in [-0.25, -0.2) is 9.37 Å². The van der Waals surface area contributed by atoms with Gasteiger partial charge in [0.05, 0.1) is 0 Å². The Bertz CT molecular complexity index is 505. The molecule has 0 aliphatic rings. The Labute approximate surface area is 91.0 Å². The molecule has 1 N–H and O–H groups in total. The summed E-state index contributed by atoms with van der Waals surface area (Å²) >= 11 is 0. The van der Waals surface area contributed by atoms with Gasteiger partial charge in [0.1, 0.15) is 18.2 Å². The molecule has 0 amide bonds. The number of nitrogens with zero attached hydrogens (tertiary/aromatic N) is 2. The molecule has 0 atom stereocenters. The van der Waals surface area contributed by atoms with Crippen molar-refractivity contribution in [3.8, 4) is 11.4 Å². The lowest BCUT2D eigenvalue weighted by Crippen LogP contribution is -2.09. The van der Waals surface area contributed by atoms with Crippen molar-refractivity contribution in [3.63, 3.8) is 0 Å². The van der Waals surface area contributed by atoms with Gasteiger partial charge in [-0.1, -0.05) is 0 Å². The first-order chi connectivity index (χ1) is 7.66. The van der Waals surface area contributed by atoms with Crippen LogP contribution in [0, 0.1) is 5.82 Å². The highest BCUT2D eigenvalue weighted by molar-refractivity contribution is 5.68. The van der Waals surface area contributed by atoms with Crippen molar-refractivity contribution in [2.24, 2.45) is 0 Å². The first-order valence-electron chi connectivity index (χ1n) is 4.65. The van der Waals surface area contributed by atoms with Gasteiger partial charge in [-0.2, -0.15) is 0 Å². The summed E-state index contributed by atoms with van der Waals surface area (Å²) in [5.41, 5.74) is 0.688. The summed E-state index contributed by atoms with van der Waals surface area (Å²) in [6.45, 7) is -0.160. The Kier molecular flexibility index (Phi) is 2.68. The minimum absolute atomic E-state index is 0.160. The highest BCUT2D eigenvalue weighted by Gasteiger charge is 2.08. The summed E-state index contributed by atoms with van der Waals surface area (Å²) in [5, 5.41) is 8.69. The van der Waals surface area contributed by atoms with Crippen LogP contribution in [0.2, 0.25) is 0 Å². The Balaban J connectivity index is 2.36. The van der Waals surface area contributed by atoms with Crippen molar-refractivity contribution >= 4 is 5.97 Å². The zero-order valence-corrected chi connectivity index (χ0v) is 8.30. The lowest BCUT2D eigenvalue weighted by molar-refractivity contribution is -0.137. The summed E-state index contributed by atoms with van der Waals surface area (Å²) in [4.78, 5) is 14.6. The topological polar surface area (TPSA) is 55.1 Å². The summed E-state index contributed by atoms with van der Waals surface area (Å²) in [5.74, 6) is -0.760. The minimum Gasteiger partial charge on any atom is -0.480 e. The molecule has 5 heteroatoms. The Hall–Kier alpha value is -2.17. The van der Waals surface area contributed by atoms with E-state index in [0.717, 1.165) is 0 Å². The summed E-state index contributed by atoms with van der Waals surface area (Å²) < 4.78 is 14.2. The van der Waals surface area contributed by atoms with Gasteiger partial charge in [0.15, 0.2) is 0 Å². The van der Waals surface area contributed by atoms with Crippen LogP contribution < -0.4 is 0 Å². The normalized spacial score (nSPS) is 10.3. The zero-order chi connectivity index (χ0) is 11.5. The van der Waals surface area contributed by atoms with Crippen LogP contribution in [0.25, 0.3) is 11.4 Å². The highest BCUT2D eigenvalue weighted by Crippen LogP contribution is 2.17. The van der Waals surface area contributed by atoms with Crippen LogP contribution in [0.1, 0.15) is 0 Å². The molecular weight excluding hydrogens is 211 g/mol. The second-order valence-electron chi connectivity index (χ2n) is 3.28. The fourth-order valence-corrected chi connectivity index (χ4v) is 1.44. The van der Waals surface area contributed by atoms with Crippen LogP contribution in [0.15, 0.2) is 36.7 Å². The lowest BCUT2D eigenvalue weighted by Gasteiger charge is -2.04. The predicted molar refractivity (Wildman–Crippen MR) is 55.3 cm³/mol. The molecule has 0 unspecified atom stereocenters. The van der Waals surface area contributed by atoms with E-state index in [4.69, 9.17) is 5.11 Å². The van der Waals surface area contributed by atoms with Crippen LogP contribution in [0.5, 0.6) is 0 Å². The van der Waals surface area contributed by atoms with Crippen LogP contribution in [0.3, 0.4) is 0 Å². The molecule has 1 aromatic heterocycles. The van der Waals surface area contributed by atoms with E-state index >= 15 is 0 Å². The number of hydrogen-bond acceptors (Lipinski definition) is 2. The molecule has 0 aliphatic carbocycles. The van der Waals surface area contributed by atoms with Crippen molar-refractivity contribution < 1.29 is 14.3 Å². The van der Waals surface area contributed by atoms with Gasteiger partial charge >= 0.3 is 5.97 Å². The van der Waals surface area contributed by atoms with Crippen molar-refractivity contribution in [3.05, 3.63) is 42.5 Å². The molecule has 0 fully saturated rings. The van der Waals surface area contributed by atoms with Crippen LogP contribution in [-0.4, -0.2) is 20.6 Å². The quantitative estimate of drug-likeness (QED) is 0.857. The number of rotatable bonds is 3. The van der Waals surface area contributed by atoms with Gasteiger partial charge in [0, 0.05) is 18.0 Å². The second kappa shape index (κ2) is 4.14. The molecule has 16 heavy (non-hydrogen) atoms. The number of hydrogen-bond donors (Lipinski definition) is 1. The monoisotopic (exact) mass is 220 g/mol. The van der Waals surface area contributed by atoms with Gasteiger partial charge < -0.3 is 9.67 Å². The van der Waals surface area contributed by atoms with E-state index in [0.29, 0.717) is 11.4 Å². The molecule has 0 radical (unpaired) electrons. The van der Waals surface area contributed by atoms with E-state index in [1.165, 1.54) is 22.9 Å². The summed E-state index contributed by atoms with van der Waals surface area (Å²) in [6.07, 6.45) is 3.09. The molecule has 2 aromatic rings. The molecule has 0 saturated carbocycles. The van der Waals surface area contributed by atoms with Crippen molar-refractivity contribution in [2.45, 2.75) is 6.54 Å². The van der Waals surface area contributed by atoms with E-state index in [2.05, 4.69) is 4.98 Å². The van der Waals surface area contributed by atoms with E-state index < -0.39 is 5.97 Å². The Morgan fingerprint density at radius 2 is 2.06 bits per heavy atom. The average molecular weight is 220 g/mol. The Morgan fingerprint density at radius 3 is 2.69 bits per heavy atom. The molecule has 0 saturated heterocycles. The van der Waals surface area contributed by atoms with E-state index in [1.807, 2.05) is 0 Å². The van der Waals surface area contributed by atoms with Crippen LogP contribution in [0.4, 0.5) is 4.39 Å². The zero-order valence-electron chi connectivity index (χ0n) is 8.30. The molecule has 1 heterocycles. The fourth-order valence-electron chi connectivity index (χ4n) is 1.44. The number of aromatic nitrogens is 2. The molecule has 0 aliphatic heterocycles. The number of aliphatic carboxylic acids is 1. The fraction of sp³-hybridized carbons (Fsp3) is 0.0909. The highest BCUT2D eigenvalue weighted by atomic mass is 19.1. The summed E-state index contributed by atoms with van der Waals surface area (Å²) in [6, 6.07) is 5.76. The minimum atomic E-state index is -0.943. The van der Waals surface area contributed by atoms with Crippen molar-refractivity contribution in [2.75, 3.05) is 0 Å². The van der Waals surface area contributed by atoms with Gasteiger partial charge in [-0.3, -0.25) is 4.79 Å². The van der Waals surface area contributed by atoms with Gasteiger partial charge in [-0.15, -0.1) is 0 Å². The smallest absolute Gasteiger partial charge is 0.323 e. The molecule has 0 spiro atoms. The summed E-state index contributed by atoms with van der Waals surface area (Å²) in [7, 11) is 0. The lowest BCUT2D eigenvalue weighted by atomic mass is 10.2. The standard InChI is InChI=1S/C11H9FN2O2/c12-9-3-1-8(2-4-9)11-13-5-6-14(11)7-10(15)16/h1-6H,7H2,(H,15,16). The molecule has 4 nitrogen and oxygen atoms in total. The number of imidazole rings is 1. The van der Waals surface area contributed by atoms with Gasteiger partial charge in [0.25, 0.3) is 0 Å². The van der Waals surface area contributed by atoms with Gasteiger partial charge in [-0.05, 0) is 24.3 Å². The number of carboxylic acid groups (broad SMARTS) is 1. The van der Waals surface area contributed by atoms with E-state index in [-0.39, 0.29) is 12.4 Å². The second-order valence-corrected chi connectivity index (χ2v) is 3.28. The third-order valence-electron chi connectivity index (χ3n) is 2.12. The predicted octanol–water partition coefficient (Wildman–Crippen LogP) is 1.77. The number of benzene rings is 1. The first kappa shape index (κ1) is 10.4. The SMILES string of the molecule is O=C(O)Cn1ccnc1-c1ccc(F)cc1. The van der Waals surface area contributed by atoms with Crippen LogP contribution >= 0.6 is 0 Å². The molecule has 82 valence electrons.